The fraction of sp³-hybridized carbons (Fsp3) is 0. The molecule has 0 aliphatic carbocycles. The molecule has 0 N–H and O–H groups in total. The van der Waals surface area contributed by atoms with Crippen molar-refractivity contribution in [2.75, 3.05) is 0 Å². The Morgan fingerprint density at radius 3 is 1.06 bits per heavy atom. The summed E-state index contributed by atoms with van der Waals surface area (Å²) in [5.74, 6) is 0. The number of furan rings is 1. The number of hydrogen-bond acceptors (Lipinski definition) is 1. The molecule has 2 aromatic heterocycles. The second-order valence-electron chi connectivity index (χ2n) is 17.4. The molecule has 12 aromatic carbocycles. The summed E-state index contributed by atoms with van der Waals surface area (Å²) in [7, 11) is 0. The topological polar surface area (TPSA) is 13.1 Å². The second kappa shape index (κ2) is 14.8. The number of fused-ring (bicyclic) bond motifs is 10. The van der Waals surface area contributed by atoms with E-state index in [1.807, 2.05) is 0 Å². The molecule has 0 atom stereocenters. The summed E-state index contributed by atoms with van der Waals surface area (Å²) in [6.45, 7) is 0. The van der Waals surface area contributed by atoms with E-state index in [0.717, 1.165) is 21.9 Å². The molecule has 66 heavy (non-hydrogen) atoms. The van der Waals surface area contributed by atoms with Crippen LogP contribution in [-0.4, -0.2) is 14.5 Å². The van der Waals surface area contributed by atoms with Crippen molar-refractivity contribution in [1.82, 2.24) is 0 Å². The standard InChI is InChI=1S/C64H38OSe/c1-3-17-39(18-4-1)41-33-35-55-53(37-41)54-38-42(34-36-56(54)65-55)60-45-23-9-13-27-49(45)62(50-28-14-10-24-46(50)60)52-30-16-32-58-64(52)63-51(29-15-31-57(63)66-58)61-47-25-11-7-21-43(47)59(40-19-5-2-6-20-40)44-22-8-12-26-48(44)61/h1-38H. The van der Waals surface area contributed by atoms with Crippen LogP contribution in [0.4, 0.5) is 0 Å². The van der Waals surface area contributed by atoms with E-state index in [9.17, 15) is 0 Å². The van der Waals surface area contributed by atoms with Gasteiger partial charge in [0.25, 0.3) is 0 Å². The molecule has 1 nitrogen and oxygen atoms in total. The first kappa shape index (κ1) is 37.4. The van der Waals surface area contributed by atoms with Gasteiger partial charge in [0.05, 0.1) is 0 Å². The predicted molar refractivity (Wildman–Crippen MR) is 283 cm³/mol. The van der Waals surface area contributed by atoms with Crippen molar-refractivity contribution in [2.24, 2.45) is 0 Å². The zero-order valence-electron chi connectivity index (χ0n) is 35.8. The minimum atomic E-state index is 0.140. The Hall–Kier alpha value is -8.00. The van der Waals surface area contributed by atoms with Gasteiger partial charge in [-0.1, -0.05) is 36.4 Å². The summed E-state index contributed by atoms with van der Waals surface area (Å²) in [6.07, 6.45) is 0. The van der Waals surface area contributed by atoms with E-state index >= 15 is 0 Å². The fourth-order valence-electron chi connectivity index (χ4n) is 11.1. The molecule has 306 valence electrons. The molecular weight excluding hydrogens is 864 g/mol. The molecule has 0 unspecified atom stereocenters. The van der Waals surface area contributed by atoms with Crippen molar-refractivity contribution in [3.63, 3.8) is 0 Å². The van der Waals surface area contributed by atoms with Gasteiger partial charge in [0, 0.05) is 0 Å². The van der Waals surface area contributed by atoms with E-state index < -0.39 is 0 Å². The van der Waals surface area contributed by atoms with E-state index in [-0.39, 0.29) is 14.5 Å². The van der Waals surface area contributed by atoms with Gasteiger partial charge >= 0.3 is 336 Å². The van der Waals surface area contributed by atoms with Crippen molar-refractivity contribution >= 4 is 98.8 Å². The Labute approximate surface area is 387 Å². The maximum absolute atomic E-state index is 6.47. The van der Waals surface area contributed by atoms with Gasteiger partial charge in [-0.15, -0.1) is 0 Å². The quantitative estimate of drug-likeness (QED) is 0.124. The van der Waals surface area contributed by atoms with Crippen LogP contribution in [0.3, 0.4) is 0 Å². The fourth-order valence-corrected chi connectivity index (χ4v) is 13.5. The first-order valence-corrected chi connectivity index (χ1v) is 24.4. The van der Waals surface area contributed by atoms with E-state index in [2.05, 4.69) is 231 Å². The first-order chi connectivity index (χ1) is 32.8. The van der Waals surface area contributed by atoms with Crippen LogP contribution in [0.2, 0.25) is 0 Å². The zero-order valence-corrected chi connectivity index (χ0v) is 37.5. The Kier molecular flexibility index (Phi) is 8.37. The van der Waals surface area contributed by atoms with E-state index in [1.165, 1.54) is 118 Å². The van der Waals surface area contributed by atoms with Gasteiger partial charge in [-0.3, -0.25) is 0 Å². The maximum atomic E-state index is 6.47. The molecule has 0 radical (unpaired) electrons. The van der Waals surface area contributed by atoms with E-state index in [0.29, 0.717) is 0 Å². The summed E-state index contributed by atoms with van der Waals surface area (Å²) in [5, 5.41) is 15.1. The minimum Gasteiger partial charge on any atom is -0.0617 e. The second-order valence-corrected chi connectivity index (χ2v) is 19.7. The monoisotopic (exact) mass is 902 g/mol. The van der Waals surface area contributed by atoms with Crippen molar-refractivity contribution in [2.45, 2.75) is 0 Å². The normalized spacial score (nSPS) is 11.9. The molecule has 2 heteroatoms. The van der Waals surface area contributed by atoms with Crippen molar-refractivity contribution in [3.05, 3.63) is 231 Å². The van der Waals surface area contributed by atoms with Crippen LogP contribution in [0.5, 0.6) is 0 Å². The molecule has 0 aliphatic rings. The molecular formula is C64H38OSe. The third-order valence-electron chi connectivity index (χ3n) is 13.9. The number of benzene rings is 12. The van der Waals surface area contributed by atoms with Gasteiger partial charge in [-0.25, -0.2) is 0 Å². The Morgan fingerprint density at radius 2 is 0.606 bits per heavy atom. The number of hydrogen-bond donors (Lipinski definition) is 0. The molecule has 14 rings (SSSR count). The van der Waals surface area contributed by atoms with Gasteiger partial charge in [-0.05, 0) is 17.2 Å². The summed E-state index contributed by atoms with van der Waals surface area (Å²) in [4.78, 5) is 0. The first-order valence-electron chi connectivity index (χ1n) is 22.7. The van der Waals surface area contributed by atoms with Gasteiger partial charge < -0.3 is 0 Å². The van der Waals surface area contributed by atoms with Crippen LogP contribution in [0, 0.1) is 0 Å². The molecule has 0 aliphatic heterocycles. The summed E-state index contributed by atoms with van der Waals surface area (Å²) in [5.41, 5.74) is 14.3. The van der Waals surface area contributed by atoms with Gasteiger partial charge in [-0.2, -0.15) is 0 Å². The average Bonchev–Trinajstić information content (AvgIpc) is 3.96. The van der Waals surface area contributed by atoms with Crippen LogP contribution >= 0.6 is 0 Å². The summed E-state index contributed by atoms with van der Waals surface area (Å²) in [6, 6.07) is 85.2. The predicted octanol–water partition coefficient (Wildman–Crippen LogP) is 17.9. The third-order valence-corrected chi connectivity index (χ3v) is 16.2. The Balaban J connectivity index is 1.04. The molecule has 0 amide bonds. The van der Waals surface area contributed by atoms with Gasteiger partial charge in [0.15, 0.2) is 0 Å². The Morgan fingerprint density at radius 1 is 0.242 bits per heavy atom. The molecule has 0 spiro atoms. The van der Waals surface area contributed by atoms with Crippen LogP contribution in [0.1, 0.15) is 0 Å². The molecule has 2 heterocycles. The van der Waals surface area contributed by atoms with Crippen LogP contribution < -0.4 is 0 Å². The van der Waals surface area contributed by atoms with E-state index in [1.54, 1.807) is 0 Å². The van der Waals surface area contributed by atoms with Crippen molar-refractivity contribution in [1.29, 1.82) is 0 Å². The molecule has 0 saturated heterocycles. The van der Waals surface area contributed by atoms with Gasteiger partial charge in [0.2, 0.25) is 0 Å². The molecule has 0 fully saturated rings. The minimum absolute atomic E-state index is 0.140. The van der Waals surface area contributed by atoms with Crippen LogP contribution in [0.15, 0.2) is 235 Å². The molecule has 14 aromatic rings. The van der Waals surface area contributed by atoms with Crippen molar-refractivity contribution in [3.8, 4) is 55.6 Å². The average molecular weight is 902 g/mol. The van der Waals surface area contributed by atoms with Gasteiger partial charge in [0.1, 0.15) is 0 Å². The zero-order chi connectivity index (χ0) is 43.3. The van der Waals surface area contributed by atoms with Crippen LogP contribution in [0.25, 0.3) is 140 Å². The summed E-state index contributed by atoms with van der Waals surface area (Å²) < 4.78 is 9.34. The Bertz CT molecular complexity index is 4160. The molecule has 0 saturated carbocycles. The van der Waals surface area contributed by atoms with Crippen LogP contribution in [-0.2, 0) is 0 Å². The number of rotatable bonds is 5. The smallest absolute Gasteiger partial charge is 0.0617 e. The molecule has 0 bridgehead atoms. The SMILES string of the molecule is c1ccc(-c2ccc3oc4ccc(-c5c6ccccc6c(-c6cccc7[se]c8cccc(-c9c%10ccccc%10c(-c%10ccccc%10)c%10ccccc9%10)c8c67)c6ccccc56)cc4c3c2)cc1. The third kappa shape index (κ3) is 5.60. The van der Waals surface area contributed by atoms with E-state index in [4.69, 9.17) is 4.42 Å². The van der Waals surface area contributed by atoms with Crippen molar-refractivity contribution < 1.29 is 4.42 Å². The summed E-state index contributed by atoms with van der Waals surface area (Å²) >= 11 is 0.140.